The first-order valence-corrected chi connectivity index (χ1v) is 4.31. The van der Waals surface area contributed by atoms with Gasteiger partial charge in [0.25, 0.3) is 0 Å². The van der Waals surface area contributed by atoms with Crippen LogP contribution >= 0.6 is 0 Å². The highest BCUT2D eigenvalue weighted by Crippen LogP contribution is 2.11. The van der Waals surface area contributed by atoms with E-state index < -0.39 is 0 Å². The van der Waals surface area contributed by atoms with Crippen LogP contribution in [0.1, 0.15) is 19.3 Å². The second kappa shape index (κ2) is 4.64. The van der Waals surface area contributed by atoms with Crippen LogP contribution in [0.25, 0.3) is 0 Å². The van der Waals surface area contributed by atoms with E-state index in [9.17, 15) is 9.59 Å². The van der Waals surface area contributed by atoms with Crippen LogP contribution in [-0.4, -0.2) is 29.9 Å². The minimum absolute atomic E-state index is 0.0661. The number of hydrogen-bond acceptors (Lipinski definition) is 3. The van der Waals surface area contributed by atoms with Crippen LogP contribution in [-0.2, 0) is 14.3 Å². The van der Waals surface area contributed by atoms with E-state index in [4.69, 9.17) is 4.74 Å². The van der Waals surface area contributed by atoms with Gasteiger partial charge in [-0.25, -0.2) is 0 Å². The Morgan fingerprint density at radius 3 is 2.54 bits per heavy atom. The van der Waals surface area contributed by atoms with E-state index in [1.165, 1.54) is 11.2 Å². The Bertz CT molecular complexity index is 209. The van der Waals surface area contributed by atoms with Crippen LogP contribution < -0.4 is 0 Å². The summed E-state index contributed by atoms with van der Waals surface area (Å²) in [7, 11) is 0. The Kier molecular flexibility index (Phi) is 3.49. The van der Waals surface area contributed by atoms with E-state index in [-0.39, 0.29) is 11.8 Å². The van der Waals surface area contributed by atoms with Gasteiger partial charge >= 0.3 is 0 Å². The van der Waals surface area contributed by atoms with E-state index in [0.29, 0.717) is 32.4 Å². The standard InChI is InChI=1S/C9H13NO3/c1-2-13-7-3-6-10-8(11)4-5-9(10)12/h2H,1,3-7H2. The first kappa shape index (κ1) is 9.77. The monoisotopic (exact) mass is 183 g/mol. The minimum atomic E-state index is -0.0661. The first-order chi connectivity index (χ1) is 6.25. The molecule has 1 aliphatic rings. The summed E-state index contributed by atoms with van der Waals surface area (Å²) >= 11 is 0. The van der Waals surface area contributed by atoms with Crippen LogP contribution in [0.15, 0.2) is 12.8 Å². The van der Waals surface area contributed by atoms with Gasteiger partial charge in [-0.15, -0.1) is 0 Å². The molecule has 72 valence electrons. The fourth-order valence-electron chi connectivity index (χ4n) is 1.26. The molecule has 0 radical (unpaired) electrons. The predicted octanol–water partition coefficient (Wildman–Crippen LogP) is 0.686. The maximum Gasteiger partial charge on any atom is 0.229 e. The van der Waals surface area contributed by atoms with Crippen molar-refractivity contribution in [1.29, 1.82) is 0 Å². The number of hydrogen-bond donors (Lipinski definition) is 0. The van der Waals surface area contributed by atoms with Gasteiger partial charge in [-0.3, -0.25) is 14.5 Å². The molecule has 0 saturated carbocycles. The molecule has 0 spiro atoms. The Hall–Kier alpha value is -1.32. The van der Waals surface area contributed by atoms with E-state index in [1.807, 2.05) is 0 Å². The molecule has 0 atom stereocenters. The van der Waals surface area contributed by atoms with Crippen molar-refractivity contribution in [1.82, 2.24) is 4.90 Å². The van der Waals surface area contributed by atoms with Gasteiger partial charge < -0.3 is 4.74 Å². The molecule has 4 heteroatoms. The molecule has 0 bridgehead atoms. The lowest BCUT2D eigenvalue weighted by atomic mass is 10.4. The average Bonchev–Trinajstić information content (AvgIpc) is 2.42. The fraction of sp³-hybridized carbons (Fsp3) is 0.556. The molecule has 1 saturated heterocycles. The van der Waals surface area contributed by atoms with Crippen molar-refractivity contribution in [2.24, 2.45) is 0 Å². The normalized spacial score (nSPS) is 16.5. The third-order valence-electron chi connectivity index (χ3n) is 1.92. The molecule has 1 rings (SSSR count). The zero-order valence-electron chi connectivity index (χ0n) is 7.49. The Morgan fingerprint density at radius 1 is 1.38 bits per heavy atom. The molecule has 13 heavy (non-hydrogen) atoms. The van der Waals surface area contributed by atoms with Crippen molar-refractivity contribution >= 4 is 11.8 Å². The van der Waals surface area contributed by atoms with E-state index in [1.54, 1.807) is 0 Å². The number of likely N-dealkylation sites (tertiary alicyclic amines) is 1. The van der Waals surface area contributed by atoms with Gasteiger partial charge in [-0.05, 0) is 6.42 Å². The highest BCUT2D eigenvalue weighted by molar-refractivity contribution is 6.01. The summed E-state index contributed by atoms with van der Waals surface area (Å²) in [6.07, 6.45) is 2.75. The number of imide groups is 1. The van der Waals surface area contributed by atoms with Gasteiger partial charge in [0.15, 0.2) is 0 Å². The summed E-state index contributed by atoms with van der Waals surface area (Å²) in [6, 6.07) is 0. The summed E-state index contributed by atoms with van der Waals surface area (Å²) < 4.78 is 4.88. The highest BCUT2D eigenvalue weighted by atomic mass is 16.5. The van der Waals surface area contributed by atoms with E-state index in [0.717, 1.165) is 0 Å². The maximum atomic E-state index is 11.1. The van der Waals surface area contributed by atoms with Crippen LogP contribution in [0.2, 0.25) is 0 Å². The molecular formula is C9H13NO3. The van der Waals surface area contributed by atoms with Crippen molar-refractivity contribution in [3.63, 3.8) is 0 Å². The molecule has 1 aliphatic heterocycles. The van der Waals surface area contributed by atoms with Gasteiger partial charge in [0.05, 0.1) is 12.9 Å². The quantitative estimate of drug-likeness (QED) is 0.358. The number of carbonyl (C=O) groups is 2. The second-order valence-electron chi connectivity index (χ2n) is 2.83. The topological polar surface area (TPSA) is 46.6 Å². The SMILES string of the molecule is C=COCCCN1C(=O)CCC1=O. The van der Waals surface area contributed by atoms with Crippen molar-refractivity contribution < 1.29 is 14.3 Å². The maximum absolute atomic E-state index is 11.1. The number of amides is 2. The highest BCUT2D eigenvalue weighted by Gasteiger charge is 2.27. The molecule has 0 N–H and O–H groups in total. The Morgan fingerprint density at radius 2 is 2.00 bits per heavy atom. The van der Waals surface area contributed by atoms with Gasteiger partial charge in [-0.1, -0.05) is 6.58 Å². The number of carbonyl (C=O) groups excluding carboxylic acids is 2. The Balaban J connectivity index is 2.23. The van der Waals surface area contributed by atoms with Crippen LogP contribution in [0, 0.1) is 0 Å². The summed E-state index contributed by atoms with van der Waals surface area (Å²) in [4.78, 5) is 23.5. The molecule has 2 amide bonds. The zero-order valence-corrected chi connectivity index (χ0v) is 7.49. The summed E-state index contributed by atoms with van der Waals surface area (Å²) in [5.74, 6) is -0.132. The van der Waals surface area contributed by atoms with Gasteiger partial charge in [0, 0.05) is 19.4 Å². The molecule has 1 heterocycles. The molecular weight excluding hydrogens is 170 g/mol. The molecule has 0 unspecified atom stereocenters. The largest absolute Gasteiger partial charge is 0.502 e. The number of ether oxygens (including phenoxy) is 1. The van der Waals surface area contributed by atoms with Crippen molar-refractivity contribution in [2.75, 3.05) is 13.2 Å². The smallest absolute Gasteiger partial charge is 0.229 e. The predicted molar refractivity (Wildman–Crippen MR) is 46.7 cm³/mol. The lowest BCUT2D eigenvalue weighted by Gasteiger charge is -2.12. The fourth-order valence-corrected chi connectivity index (χ4v) is 1.26. The van der Waals surface area contributed by atoms with Gasteiger partial charge in [-0.2, -0.15) is 0 Å². The van der Waals surface area contributed by atoms with Crippen molar-refractivity contribution in [3.05, 3.63) is 12.8 Å². The number of rotatable bonds is 5. The lowest BCUT2D eigenvalue weighted by Crippen LogP contribution is -2.30. The Labute approximate surface area is 77.2 Å². The third-order valence-corrected chi connectivity index (χ3v) is 1.92. The molecule has 0 aromatic heterocycles. The van der Waals surface area contributed by atoms with Crippen molar-refractivity contribution in [2.45, 2.75) is 19.3 Å². The summed E-state index contributed by atoms with van der Waals surface area (Å²) in [5, 5.41) is 0. The van der Waals surface area contributed by atoms with Crippen LogP contribution in [0.4, 0.5) is 0 Å². The molecule has 0 aliphatic carbocycles. The van der Waals surface area contributed by atoms with Crippen LogP contribution in [0.5, 0.6) is 0 Å². The summed E-state index contributed by atoms with van der Waals surface area (Å²) in [5.41, 5.74) is 0. The molecule has 0 aromatic carbocycles. The van der Waals surface area contributed by atoms with E-state index >= 15 is 0 Å². The van der Waals surface area contributed by atoms with Gasteiger partial charge in [0.2, 0.25) is 11.8 Å². The van der Waals surface area contributed by atoms with Crippen LogP contribution in [0.3, 0.4) is 0 Å². The zero-order chi connectivity index (χ0) is 9.68. The van der Waals surface area contributed by atoms with E-state index in [2.05, 4.69) is 6.58 Å². The van der Waals surface area contributed by atoms with Crippen molar-refractivity contribution in [3.8, 4) is 0 Å². The second-order valence-corrected chi connectivity index (χ2v) is 2.83. The molecule has 4 nitrogen and oxygen atoms in total. The lowest BCUT2D eigenvalue weighted by molar-refractivity contribution is -0.138. The van der Waals surface area contributed by atoms with Gasteiger partial charge in [0.1, 0.15) is 0 Å². The average molecular weight is 183 g/mol. The number of nitrogens with zero attached hydrogens (tertiary/aromatic N) is 1. The minimum Gasteiger partial charge on any atom is -0.502 e. The molecule has 0 aromatic rings. The first-order valence-electron chi connectivity index (χ1n) is 4.31. The summed E-state index contributed by atoms with van der Waals surface area (Å²) in [6.45, 7) is 4.35. The third kappa shape index (κ3) is 2.57. The molecule has 1 fully saturated rings.